The molecule has 2 aromatic rings. The lowest BCUT2D eigenvalue weighted by atomic mass is 10.2. The second kappa shape index (κ2) is 7.73. The predicted molar refractivity (Wildman–Crippen MR) is 94.0 cm³/mol. The lowest BCUT2D eigenvalue weighted by Gasteiger charge is -2.07. The van der Waals surface area contributed by atoms with Crippen LogP contribution in [0.5, 0.6) is 0 Å². The Balaban J connectivity index is 1.82. The van der Waals surface area contributed by atoms with Gasteiger partial charge in [0.1, 0.15) is 0 Å². The molecule has 2 rings (SSSR count). The Bertz CT molecular complexity index is 651. The molecule has 0 unspecified atom stereocenters. The van der Waals surface area contributed by atoms with E-state index in [-0.39, 0.29) is 5.91 Å². The maximum absolute atomic E-state index is 11.9. The van der Waals surface area contributed by atoms with Gasteiger partial charge < -0.3 is 11.1 Å². The minimum atomic E-state index is -0.0451. The fourth-order valence-corrected chi connectivity index (χ4v) is 3.29. The van der Waals surface area contributed by atoms with Crippen LogP contribution in [0.15, 0.2) is 51.8 Å². The minimum Gasteiger partial charge on any atom is -0.397 e. The topological polar surface area (TPSA) is 55.1 Å². The molecule has 21 heavy (non-hydrogen) atoms. The normalized spacial score (nSPS) is 10.4. The fraction of sp³-hybridized carbons (Fsp3) is 0.133. The van der Waals surface area contributed by atoms with E-state index in [9.17, 15) is 4.79 Å². The third-order valence-electron chi connectivity index (χ3n) is 2.70. The maximum atomic E-state index is 11.9. The van der Waals surface area contributed by atoms with Crippen LogP contribution in [0.4, 0.5) is 11.4 Å². The van der Waals surface area contributed by atoms with Crippen LogP contribution >= 0.6 is 39.3 Å². The van der Waals surface area contributed by atoms with Crippen molar-refractivity contribution in [2.24, 2.45) is 0 Å². The number of thioether (sulfide) groups is 1. The molecule has 0 saturated heterocycles. The van der Waals surface area contributed by atoms with E-state index in [1.54, 1.807) is 30.0 Å². The van der Waals surface area contributed by atoms with Crippen molar-refractivity contribution in [3.05, 3.63) is 52.0 Å². The molecule has 0 saturated carbocycles. The first kappa shape index (κ1) is 16.2. The Morgan fingerprint density at radius 2 is 2.05 bits per heavy atom. The van der Waals surface area contributed by atoms with Crippen molar-refractivity contribution in [3.8, 4) is 0 Å². The summed E-state index contributed by atoms with van der Waals surface area (Å²) in [7, 11) is 0. The summed E-state index contributed by atoms with van der Waals surface area (Å²) in [5.74, 6) is 0.661. The Labute approximate surface area is 141 Å². The average molecular weight is 386 g/mol. The molecule has 0 fully saturated rings. The Hall–Kier alpha value is -1.17. The van der Waals surface area contributed by atoms with E-state index in [0.717, 1.165) is 9.37 Å². The van der Waals surface area contributed by atoms with E-state index in [1.165, 1.54) is 0 Å². The van der Waals surface area contributed by atoms with Gasteiger partial charge >= 0.3 is 0 Å². The number of carbonyl (C=O) groups is 1. The molecule has 3 nitrogen and oxygen atoms in total. The van der Waals surface area contributed by atoms with Crippen molar-refractivity contribution in [1.82, 2.24) is 0 Å². The van der Waals surface area contributed by atoms with Gasteiger partial charge in [0, 0.05) is 27.2 Å². The third-order valence-corrected chi connectivity index (χ3v) is 5.08. The largest absolute Gasteiger partial charge is 0.397 e. The summed E-state index contributed by atoms with van der Waals surface area (Å²) in [4.78, 5) is 13.0. The second-order valence-corrected chi connectivity index (χ2v) is 6.71. The molecule has 6 heteroatoms. The first-order valence-electron chi connectivity index (χ1n) is 6.28. The van der Waals surface area contributed by atoms with Crippen molar-refractivity contribution in [2.75, 3.05) is 16.8 Å². The van der Waals surface area contributed by atoms with Crippen LogP contribution in [0.3, 0.4) is 0 Å². The molecule has 0 aliphatic carbocycles. The van der Waals surface area contributed by atoms with Gasteiger partial charge in [-0.2, -0.15) is 0 Å². The van der Waals surface area contributed by atoms with Crippen LogP contribution in [0.2, 0.25) is 5.02 Å². The summed E-state index contributed by atoms with van der Waals surface area (Å²) in [6.45, 7) is 0. The third kappa shape index (κ3) is 4.95. The lowest BCUT2D eigenvalue weighted by Crippen LogP contribution is -2.12. The standard InChI is InChI=1S/C15H14BrClN2OS/c16-11-3-1-2-4-14(11)21-8-7-15(20)19-10-5-6-12(17)13(18)9-10/h1-6,9H,7-8,18H2,(H,19,20). The van der Waals surface area contributed by atoms with Crippen LogP contribution in [-0.2, 0) is 4.79 Å². The van der Waals surface area contributed by atoms with Crippen LogP contribution in [0, 0.1) is 0 Å². The number of carbonyl (C=O) groups excluding carboxylic acids is 1. The summed E-state index contributed by atoms with van der Waals surface area (Å²) < 4.78 is 1.04. The van der Waals surface area contributed by atoms with E-state index >= 15 is 0 Å². The molecule has 3 N–H and O–H groups in total. The van der Waals surface area contributed by atoms with E-state index in [0.29, 0.717) is 28.6 Å². The highest BCUT2D eigenvalue weighted by Crippen LogP contribution is 2.27. The lowest BCUT2D eigenvalue weighted by molar-refractivity contribution is -0.115. The fourth-order valence-electron chi connectivity index (χ4n) is 1.66. The van der Waals surface area contributed by atoms with Crippen molar-refractivity contribution in [3.63, 3.8) is 0 Å². The summed E-state index contributed by atoms with van der Waals surface area (Å²) in [5.41, 5.74) is 6.81. The number of halogens is 2. The molecule has 0 radical (unpaired) electrons. The zero-order valence-electron chi connectivity index (χ0n) is 11.1. The van der Waals surface area contributed by atoms with Gasteiger partial charge in [-0.05, 0) is 46.3 Å². The number of hydrogen-bond acceptors (Lipinski definition) is 3. The molecule has 0 spiro atoms. The van der Waals surface area contributed by atoms with E-state index in [1.807, 2.05) is 24.3 Å². The molecular formula is C15H14BrClN2OS. The molecule has 2 aromatic carbocycles. The molecule has 110 valence electrons. The molecule has 0 bridgehead atoms. The highest BCUT2D eigenvalue weighted by Gasteiger charge is 2.06. The molecule has 1 amide bonds. The van der Waals surface area contributed by atoms with Gasteiger partial charge in [-0.1, -0.05) is 23.7 Å². The zero-order valence-corrected chi connectivity index (χ0v) is 14.3. The number of amides is 1. The maximum Gasteiger partial charge on any atom is 0.225 e. The highest BCUT2D eigenvalue weighted by molar-refractivity contribution is 9.10. The van der Waals surface area contributed by atoms with Crippen molar-refractivity contribution < 1.29 is 4.79 Å². The van der Waals surface area contributed by atoms with Gasteiger partial charge in [0.25, 0.3) is 0 Å². The Kier molecular flexibility index (Phi) is 5.96. The van der Waals surface area contributed by atoms with Crippen LogP contribution in [0.25, 0.3) is 0 Å². The van der Waals surface area contributed by atoms with Gasteiger partial charge in [0.05, 0.1) is 10.7 Å². The van der Waals surface area contributed by atoms with Crippen LogP contribution < -0.4 is 11.1 Å². The van der Waals surface area contributed by atoms with E-state index < -0.39 is 0 Å². The molecule has 0 aliphatic rings. The van der Waals surface area contributed by atoms with Gasteiger partial charge in [0.2, 0.25) is 5.91 Å². The predicted octanol–water partition coefficient (Wildman–Crippen LogP) is 4.81. The van der Waals surface area contributed by atoms with Crippen molar-refractivity contribution >= 4 is 56.6 Å². The molecular weight excluding hydrogens is 372 g/mol. The molecule has 0 aromatic heterocycles. The van der Waals surface area contributed by atoms with E-state index in [4.69, 9.17) is 17.3 Å². The number of nitrogens with one attached hydrogen (secondary N) is 1. The molecule has 0 aliphatic heterocycles. The monoisotopic (exact) mass is 384 g/mol. The van der Waals surface area contributed by atoms with Crippen molar-refractivity contribution in [2.45, 2.75) is 11.3 Å². The summed E-state index contributed by atoms with van der Waals surface area (Å²) in [6.07, 6.45) is 0.425. The zero-order chi connectivity index (χ0) is 15.2. The summed E-state index contributed by atoms with van der Waals surface area (Å²) >= 11 is 11.0. The van der Waals surface area contributed by atoms with Gasteiger partial charge in [0.15, 0.2) is 0 Å². The molecule has 0 atom stereocenters. The first-order valence-corrected chi connectivity index (χ1v) is 8.44. The second-order valence-electron chi connectivity index (χ2n) is 4.31. The van der Waals surface area contributed by atoms with Gasteiger partial charge in [-0.3, -0.25) is 4.79 Å². The number of anilines is 2. The smallest absolute Gasteiger partial charge is 0.225 e. The number of nitrogen functional groups attached to an aromatic ring is 1. The number of benzene rings is 2. The van der Waals surface area contributed by atoms with Gasteiger partial charge in [-0.15, -0.1) is 11.8 Å². The highest BCUT2D eigenvalue weighted by atomic mass is 79.9. The Morgan fingerprint density at radius 1 is 1.29 bits per heavy atom. The first-order chi connectivity index (χ1) is 10.1. The number of hydrogen-bond donors (Lipinski definition) is 2. The summed E-state index contributed by atoms with van der Waals surface area (Å²) in [6, 6.07) is 13.0. The number of rotatable bonds is 5. The van der Waals surface area contributed by atoms with Crippen LogP contribution in [-0.4, -0.2) is 11.7 Å². The quantitative estimate of drug-likeness (QED) is 0.574. The number of nitrogens with two attached hydrogens (primary N) is 1. The summed E-state index contributed by atoms with van der Waals surface area (Å²) in [5, 5.41) is 3.29. The minimum absolute atomic E-state index is 0.0451. The molecule has 0 heterocycles. The Morgan fingerprint density at radius 3 is 2.76 bits per heavy atom. The van der Waals surface area contributed by atoms with Crippen molar-refractivity contribution in [1.29, 1.82) is 0 Å². The SMILES string of the molecule is Nc1cc(NC(=O)CCSc2ccccc2Br)ccc1Cl. The van der Waals surface area contributed by atoms with Gasteiger partial charge in [-0.25, -0.2) is 0 Å². The van der Waals surface area contributed by atoms with Crippen LogP contribution in [0.1, 0.15) is 6.42 Å². The average Bonchev–Trinajstić information content (AvgIpc) is 2.45. The van der Waals surface area contributed by atoms with E-state index in [2.05, 4.69) is 21.2 Å².